The van der Waals surface area contributed by atoms with Gasteiger partial charge in [-0.3, -0.25) is 4.79 Å². The maximum atomic E-state index is 12.5. The molecule has 8 heteroatoms. The van der Waals surface area contributed by atoms with E-state index in [4.69, 9.17) is 0 Å². The summed E-state index contributed by atoms with van der Waals surface area (Å²) in [5.41, 5.74) is 3.26. The lowest BCUT2D eigenvalue weighted by Crippen LogP contribution is -2.47. The molecule has 0 radical (unpaired) electrons. The van der Waals surface area contributed by atoms with Crippen molar-refractivity contribution in [1.82, 2.24) is 20.2 Å². The summed E-state index contributed by atoms with van der Waals surface area (Å²) in [6.07, 6.45) is 3.50. The first-order valence-corrected chi connectivity index (χ1v) is 9.59. The zero-order valence-electron chi connectivity index (χ0n) is 16.5. The van der Waals surface area contributed by atoms with Gasteiger partial charge in [-0.25, -0.2) is 9.97 Å². The van der Waals surface area contributed by atoms with Crippen molar-refractivity contribution in [2.45, 2.75) is 13.8 Å². The highest BCUT2D eigenvalue weighted by molar-refractivity contribution is 6.02. The smallest absolute Gasteiger partial charge is 0.276 e. The van der Waals surface area contributed by atoms with Crippen molar-refractivity contribution < 1.29 is 4.79 Å². The molecule has 0 aliphatic carbocycles. The van der Waals surface area contributed by atoms with Crippen molar-refractivity contribution in [1.29, 1.82) is 0 Å². The maximum Gasteiger partial charge on any atom is 0.276 e. The van der Waals surface area contributed by atoms with Crippen molar-refractivity contribution >= 4 is 23.4 Å². The van der Waals surface area contributed by atoms with E-state index in [1.807, 2.05) is 38.1 Å². The Morgan fingerprint density at radius 1 is 0.897 bits per heavy atom. The molecule has 29 heavy (non-hydrogen) atoms. The standard InChI is InChI=1S/C21H23N7O/c1-15-12-16(2)14-17(13-15)24-20(29)18-4-5-19(26-25-18)27-8-10-28(11-9-27)21-22-6-3-7-23-21/h3-7,12-14H,8-11H2,1-2H3,(H,24,29). The van der Waals surface area contributed by atoms with Crippen LogP contribution in [0.4, 0.5) is 17.5 Å². The fraction of sp³-hybridized carbons (Fsp3) is 0.286. The van der Waals surface area contributed by atoms with E-state index in [1.54, 1.807) is 18.5 Å². The van der Waals surface area contributed by atoms with E-state index in [0.717, 1.165) is 54.8 Å². The quantitative estimate of drug-likeness (QED) is 0.733. The minimum absolute atomic E-state index is 0.264. The van der Waals surface area contributed by atoms with Gasteiger partial charge in [-0.1, -0.05) is 6.07 Å². The summed E-state index contributed by atoms with van der Waals surface area (Å²) in [7, 11) is 0. The second-order valence-electron chi connectivity index (χ2n) is 7.13. The van der Waals surface area contributed by atoms with Crippen LogP contribution < -0.4 is 15.1 Å². The van der Waals surface area contributed by atoms with Crippen molar-refractivity contribution in [2.24, 2.45) is 0 Å². The zero-order chi connectivity index (χ0) is 20.2. The van der Waals surface area contributed by atoms with Gasteiger partial charge >= 0.3 is 0 Å². The average Bonchev–Trinajstić information content (AvgIpc) is 2.74. The Hall–Kier alpha value is -3.55. The Bertz CT molecular complexity index is 963. The predicted molar refractivity (Wildman–Crippen MR) is 112 cm³/mol. The fourth-order valence-corrected chi connectivity index (χ4v) is 3.45. The van der Waals surface area contributed by atoms with Crippen LogP contribution in [0.3, 0.4) is 0 Å². The predicted octanol–water partition coefficient (Wildman–Crippen LogP) is 2.46. The Balaban J connectivity index is 1.37. The van der Waals surface area contributed by atoms with Gasteiger partial charge < -0.3 is 15.1 Å². The molecule has 2 aromatic heterocycles. The van der Waals surface area contributed by atoms with Gasteiger partial charge in [-0.05, 0) is 55.3 Å². The lowest BCUT2D eigenvalue weighted by atomic mass is 10.1. The molecular weight excluding hydrogens is 366 g/mol. The third-order valence-corrected chi connectivity index (χ3v) is 4.80. The highest BCUT2D eigenvalue weighted by Gasteiger charge is 2.20. The number of benzene rings is 1. The Morgan fingerprint density at radius 3 is 2.17 bits per heavy atom. The number of rotatable bonds is 4. The summed E-state index contributed by atoms with van der Waals surface area (Å²) in [4.78, 5) is 25.4. The summed E-state index contributed by atoms with van der Waals surface area (Å²) in [6, 6.07) is 11.3. The number of nitrogens with one attached hydrogen (secondary N) is 1. The van der Waals surface area contributed by atoms with E-state index < -0.39 is 0 Å². The van der Waals surface area contributed by atoms with Gasteiger partial charge in [-0.2, -0.15) is 0 Å². The van der Waals surface area contributed by atoms with Gasteiger partial charge in [0.2, 0.25) is 5.95 Å². The van der Waals surface area contributed by atoms with Crippen LogP contribution in [0.25, 0.3) is 0 Å². The molecular formula is C21H23N7O. The van der Waals surface area contributed by atoms with Crippen molar-refractivity contribution in [3.8, 4) is 0 Å². The van der Waals surface area contributed by atoms with Crippen molar-refractivity contribution in [3.05, 3.63) is 65.6 Å². The van der Waals surface area contributed by atoms with Crippen LogP contribution in [-0.2, 0) is 0 Å². The molecule has 1 aliphatic heterocycles. The van der Waals surface area contributed by atoms with Gasteiger partial charge in [0.1, 0.15) is 0 Å². The summed E-state index contributed by atoms with van der Waals surface area (Å²) in [5, 5.41) is 11.3. The minimum atomic E-state index is -0.264. The molecule has 1 N–H and O–H groups in total. The molecule has 8 nitrogen and oxygen atoms in total. The van der Waals surface area contributed by atoms with E-state index in [1.165, 1.54) is 0 Å². The molecule has 1 aliphatic rings. The largest absolute Gasteiger partial charge is 0.352 e. The first-order chi connectivity index (χ1) is 14.1. The Morgan fingerprint density at radius 2 is 1.55 bits per heavy atom. The maximum absolute atomic E-state index is 12.5. The van der Waals surface area contributed by atoms with Gasteiger partial charge in [0.05, 0.1) is 0 Å². The van der Waals surface area contributed by atoms with Crippen LogP contribution in [0, 0.1) is 13.8 Å². The van der Waals surface area contributed by atoms with Crippen LogP contribution in [0.5, 0.6) is 0 Å². The van der Waals surface area contributed by atoms with Crippen molar-refractivity contribution in [2.75, 3.05) is 41.3 Å². The lowest BCUT2D eigenvalue weighted by molar-refractivity contribution is 0.102. The van der Waals surface area contributed by atoms with Crippen LogP contribution in [0.2, 0.25) is 0 Å². The normalized spacial score (nSPS) is 14.0. The van der Waals surface area contributed by atoms with E-state index >= 15 is 0 Å². The van der Waals surface area contributed by atoms with E-state index in [9.17, 15) is 4.79 Å². The number of piperazine rings is 1. The van der Waals surface area contributed by atoms with Gasteiger partial charge in [0.25, 0.3) is 5.91 Å². The lowest BCUT2D eigenvalue weighted by Gasteiger charge is -2.35. The van der Waals surface area contributed by atoms with Crippen LogP contribution in [0.1, 0.15) is 21.6 Å². The molecule has 0 bridgehead atoms. The third-order valence-electron chi connectivity index (χ3n) is 4.80. The van der Waals surface area contributed by atoms with Gasteiger partial charge in [-0.15, -0.1) is 10.2 Å². The van der Waals surface area contributed by atoms with Gasteiger partial charge in [0.15, 0.2) is 11.5 Å². The van der Waals surface area contributed by atoms with Crippen LogP contribution in [0.15, 0.2) is 48.8 Å². The summed E-state index contributed by atoms with van der Waals surface area (Å²) in [5.74, 6) is 1.25. The minimum Gasteiger partial charge on any atom is -0.352 e. The molecule has 3 heterocycles. The monoisotopic (exact) mass is 389 g/mol. The SMILES string of the molecule is Cc1cc(C)cc(NC(=O)c2ccc(N3CCN(c4ncccn4)CC3)nn2)c1. The molecule has 0 spiro atoms. The highest BCUT2D eigenvalue weighted by atomic mass is 16.1. The number of carbonyl (C=O) groups excluding carboxylic acids is 1. The molecule has 4 rings (SSSR count). The van der Waals surface area contributed by atoms with E-state index in [0.29, 0.717) is 5.69 Å². The number of aromatic nitrogens is 4. The number of hydrogen-bond acceptors (Lipinski definition) is 7. The molecule has 1 fully saturated rings. The zero-order valence-corrected chi connectivity index (χ0v) is 16.5. The summed E-state index contributed by atoms with van der Waals surface area (Å²) in [6.45, 7) is 7.20. The number of aryl methyl sites for hydroxylation is 2. The summed E-state index contributed by atoms with van der Waals surface area (Å²) >= 11 is 0. The first kappa shape index (κ1) is 18.8. The first-order valence-electron chi connectivity index (χ1n) is 9.59. The second kappa shape index (κ2) is 8.22. The highest BCUT2D eigenvalue weighted by Crippen LogP contribution is 2.17. The number of carbonyl (C=O) groups is 1. The number of amides is 1. The number of hydrogen-bond donors (Lipinski definition) is 1. The average molecular weight is 389 g/mol. The number of anilines is 3. The van der Waals surface area contributed by atoms with Crippen molar-refractivity contribution in [3.63, 3.8) is 0 Å². The second-order valence-corrected chi connectivity index (χ2v) is 7.13. The topological polar surface area (TPSA) is 87.1 Å². The molecule has 0 atom stereocenters. The van der Waals surface area contributed by atoms with E-state index in [-0.39, 0.29) is 5.91 Å². The molecule has 1 saturated heterocycles. The van der Waals surface area contributed by atoms with Crippen LogP contribution in [-0.4, -0.2) is 52.3 Å². The Kier molecular flexibility index (Phi) is 5.33. The van der Waals surface area contributed by atoms with E-state index in [2.05, 4.69) is 41.3 Å². The molecule has 148 valence electrons. The molecule has 0 saturated carbocycles. The Labute approximate surface area is 169 Å². The molecule has 1 aromatic carbocycles. The fourth-order valence-electron chi connectivity index (χ4n) is 3.45. The number of nitrogens with zero attached hydrogens (tertiary/aromatic N) is 6. The third kappa shape index (κ3) is 4.48. The summed E-state index contributed by atoms with van der Waals surface area (Å²) < 4.78 is 0. The van der Waals surface area contributed by atoms with Gasteiger partial charge in [0, 0.05) is 44.3 Å². The molecule has 1 amide bonds. The molecule has 3 aromatic rings. The van der Waals surface area contributed by atoms with Crippen LogP contribution >= 0.6 is 0 Å². The molecule has 0 unspecified atom stereocenters.